The van der Waals surface area contributed by atoms with Gasteiger partial charge in [0.25, 0.3) is 0 Å². The number of pyridine rings is 1. The van der Waals surface area contributed by atoms with E-state index in [1.165, 1.54) is 12.1 Å². The number of hydrogen-bond donors (Lipinski definition) is 0. The quantitative estimate of drug-likeness (QED) is 0.374. The SMILES string of the molecule is COc1cccc(CCn2cc(-c3ccc(OCc4ccccc4)c(F)c3F)c(C)n2)n1. The molecule has 32 heavy (non-hydrogen) atoms. The highest BCUT2D eigenvalue weighted by atomic mass is 19.2. The lowest BCUT2D eigenvalue weighted by Gasteiger charge is -2.10. The van der Waals surface area contributed by atoms with E-state index >= 15 is 0 Å². The molecule has 5 nitrogen and oxygen atoms in total. The summed E-state index contributed by atoms with van der Waals surface area (Å²) < 4.78 is 41.9. The van der Waals surface area contributed by atoms with Crippen LogP contribution in [0.5, 0.6) is 11.6 Å². The van der Waals surface area contributed by atoms with Crippen LogP contribution >= 0.6 is 0 Å². The molecule has 0 aliphatic carbocycles. The van der Waals surface area contributed by atoms with Gasteiger partial charge in [0, 0.05) is 42.0 Å². The monoisotopic (exact) mass is 435 g/mol. The van der Waals surface area contributed by atoms with Crippen LogP contribution < -0.4 is 9.47 Å². The zero-order chi connectivity index (χ0) is 22.5. The Balaban J connectivity index is 1.49. The summed E-state index contributed by atoms with van der Waals surface area (Å²) in [6, 6.07) is 17.9. The third-order valence-electron chi connectivity index (χ3n) is 5.11. The van der Waals surface area contributed by atoms with Gasteiger partial charge >= 0.3 is 0 Å². The van der Waals surface area contributed by atoms with Gasteiger partial charge in [-0.25, -0.2) is 9.37 Å². The lowest BCUT2D eigenvalue weighted by Crippen LogP contribution is -2.04. The average molecular weight is 435 g/mol. The molecule has 4 rings (SSSR count). The van der Waals surface area contributed by atoms with Gasteiger partial charge in [0.2, 0.25) is 11.7 Å². The molecule has 0 aliphatic rings. The molecule has 2 aromatic heterocycles. The van der Waals surface area contributed by atoms with E-state index in [9.17, 15) is 8.78 Å². The molecule has 2 aromatic carbocycles. The van der Waals surface area contributed by atoms with Crippen molar-refractivity contribution in [2.75, 3.05) is 7.11 Å². The molecular formula is C25H23F2N3O2. The van der Waals surface area contributed by atoms with E-state index in [1.54, 1.807) is 31.0 Å². The van der Waals surface area contributed by atoms with Crippen LogP contribution in [0.25, 0.3) is 11.1 Å². The van der Waals surface area contributed by atoms with Crippen LogP contribution in [0.1, 0.15) is 17.0 Å². The maximum Gasteiger partial charge on any atom is 0.213 e. The Bertz CT molecular complexity index is 1210. The molecule has 2 heterocycles. The minimum absolute atomic E-state index is 0.121. The molecule has 0 unspecified atom stereocenters. The normalized spacial score (nSPS) is 10.9. The number of hydrogen-bond acceptors (Lipinski definition) is 4. The summed E-state index contributed by atoms with van der Waals surface area (Å²) in [4.78, 5) is 4.38. The molecule has 0 N–H and O–H groups in total. The second-order valence-corrected chi connectivity index (χ2v) is 7.33. The predicted octanol–water partition coefficient (Wildman–Crippen LogP) is 5.36. The first-order valence-electron chi connectivity index (χ1n) is 10.2. The van der Waals surface area contributed by atoms with E-state index < -0.39 is 11.6 Å². The van der Waals surface area contributed by atoms with E-state index in [2.05, 4.69) is 10.1 Å². The predicted molar refractivity (Wildman–Crippen MR) is 118 cm³/mol. The van der Waals surface area contributed by atoms with Crippen molar-refractivity contribution in [3.8, 4) is 22.8 Å². The second-order valence-electron chi connectivity index (χ2n) is 7.33. The molecule has 4 aromatic rings. The maximum atomic E-state index is 14.9. The van der Waals surface area contributed by atoms with Crippen LogP contribution in [0.3, 0.4) is 0 Å². The summed E-state index contributed by atoms with van der Waals surface area (Å²) in [6.07, 6.45) is 2.35. The Kier molecular flexibility index (Phi) is 6.44. The third-order valence-corrected chi connectivity index (χ3v) is 5.11. The fraction of sp³-hybridized carbons (Fsp3) is 0.200. The fourth-order valence-electron chi connectivity index (χ4n) is 3.42. The summed E-state index contributed by atoms with van der Waals surface area (Å²) in [5.41, 5.74) is 3.03. The molecule has 0 fully saturated rings. The van der Waals surface area contributed by atoms with Gasteiger partial charge < -0.3 is 9.47 Å². The Morgan fingerprint density at radius 2 is 1.72 bits per heavy atom. The molecule has 164 valence electrons. The maximum absolute atomic E-state index is 14.9. The van der Waals surface area contributed by atoms with Crippen molar-refractivity contribution in [3.63, 3.8) is 0 Å². The van der Waals surface area contributed by atoms with Crippen molar-refractivity contribution in [3.05, 3.63) is 95.4 Å². The zero-order valence-electron chi connectivity index (χ0n) is 17.9. The summed E-state index contributed by atoms with van der Waals surface area (Å²) in [5, 5.41) is 4.45. The fourth-order valence-corrected chi connectivity index (χ4v) is 3.42. The van der Waals surface area contributed by atoms with Crippen LogP contribution in [0.4, 0.5) is 8.78 Å². The lowest BCUT2D eigenvalue weighted by atomic mass is 10.1. The molecule has 0 bridgehead atoms. The molecule has 0 atom stereocenters. The second kappa shape index (κ2) is 9.60. The smallest absolute Gasteiger partial charge is 0.213 e. The highest BCUT2D eigenvalue weighted by Gasteiger charge is 2.19. The highest BCUT2D eigenvalue weighted by molar-refractivity contribution is 5.67. The van der Waals surface area contributed by atoms with Gasteiger partial charge in [-0.15, -0.1) is 0 Å². The van der Waals surface area contributed by atoms with E-state index in [0.717, 1.165) is 11.3 Å². The van der Waals surface area contributed by atoms with Gasteiger partial charge in [0.15, 0.2) is 11.6 Å². The Morgan fingerprint density at radius 1 is 0.906 bits per heavy atom. The number of aromatic nitrogens is 3. The number of rotatable bonds is 8. The van der Waals surface area contributed by atoms with Crippen molar-refractivity contribution in [2.24, 2.45) is 0 Å². The number of halogens is 2. The molecule has 0 aliphatic heterocycles. The van der Waals surface area contributed by atoms with Crippen LogP contribution in [0, 0.1) is 18.6 Å². The molecule has 0 saturated heterocycles. The largest absolute Gasteiger partial charge is 0.486 e. The first kappa shape index (κ1) is 21.5. The number of ether oxygens (including phenoxy) is 2. The summed E-state index contributed by atoms with van der Waals surface area (Å²) in [7, 11) is 1.57. The van der Waals surface area contributed by atoms with Crippen LogP contribution in [-0.4, -0.2) is 21.9 Å². The molecule has 0 saturated carbocycles. The van der Waals surface area contributed by atoms with Gasteiger partial charge in [-0.05, 0) is 30.7 Å². The van der Waals surface area contributed by atoms with Crippen molar-refractivity contribution in [1.82, 2.24) is 14.8 Å². The first-order chi connectivity index (χ1) is 15.5. The van der Waals surface area contributed by atoms with Crippen LogP contribution in [0.15, 0.2) is 66.9 Å². The Morgan fingerprint density at radius 3 is 2.50 bits per heavy atom. The van der Waals surface area contributed by atoms with Gasteiger partial charge in [-0.1, -0.05) is 36.4 Å². The molecular weight excluding hydrogens is 412 g/mol. The summed E-state index contributed by atoms with van der Waals surface area (Å²) in [6.45, 7) is 2.47. The minimum atomic E-state index is -1.01. The molecule has 0 spiro atoms. The zero-order valence-corrected chi connectivity index (χ0v) is 17.9. The van der Waals surface area contributed by atoms with E-state index in [0.29, 0.717) is 30.1 Å². The topological polar surface area (TPSA) is 49.2 Å². The molecule has 0 radical (unpaired) electrons. The summed E-state index contributed by atoms with van der Waals surface area (Å²) in [5.74, 6) is -1.53. The van der Waals surface area contributed by atoms with E-state index in [1.807, 2.05) is 42.5 Å². The number of nitrogens with zero attached hydrogens (tertiary/aromatic N) is 3. The van der Waals surface area contributed by atoms with Gasteiger partial charge in [-0.3, -0.25) is 4.68 Å². The first-order valence-corrected chi connectivity index (χ1v) is 10.2. The molecule has 7 heteroatoms. The van der Waals surface area contributed by atoms with E-state index in [4.69, 9.17) is 9.47 Å². The van der Waals surface area contributed by atoms with Crippen LogP contribution in [-0.2, 0) is 19.6 Å². The van der Waals surface area contributed by atoms with Crippen molar-refractivity contribution in [2.45, 2.75) is 26.5 Å². The number of aryl methyl sites for hydroxylation is 3. The van der Waals surface area contributed by atoms with Gasteiger partial charge in [-0.2, -0.15) is 9.49 Å². The summed E-state index contributed by atoms with van der Waals surface area (Å²) >= 11 is 0. The standard InChI is InChI=1S/C25H23F2N3O2/c1-17-21(15-30(29-17)14-13-19-9-6-10-23(28-19)31-2)20-11-12-22(25(27)24(20)26)32-16-18-7-4-3-5-8-18/h3-12,15H,13-14,16H2,1-2H3. The number of benzene rings is 2. The van der Waals surface area contributed by atoms with E-state index in [-0.39, 0.29) is 17.9 Å². The van der Waals surface area contributed by atoms with Crippen molar-refractivity contribution >= 4 is 0 Å². The number of methoxy groups -OCH3 is 1. The highest BCUT2D eigenvalue weighted by Crippen LogP contribution is 2.31. The van der Waals surface area contributed by atoms with Crippen molar-refractivity contribution in [1.29, 1.82) is 0 Å². The lowest BCUT2D eigenvalue weighted by molar-refractivity contribution is 0.285. The Labute approximate surface area is 185 Å². The van der Waals surface area contributed by atoms with Crippen molar-refractivity contribution < 1.29 is 18.3 Å². The average Bonchev–Trinajstić information content (AvgIpc) is 3.19. The third kappa shape index (κ3) is 4.77. The Hall–Kier alpha value is -3.74. The van der Waals surface area contributed by atoms with Crippen LogP contribution in [0.2, 0.25) is 0 Å². The molecule has 0 amide bonds. The van der Waals surface area contributed by atoms with Gasteiger partial charge in [0.05, 0.1) is 12.8 Å². The minimum Gasteiger partial charge on any atom is -0.486 e. The van der Waals surface area contributed by atoms with Gasteiger partial charge in [0.1, 0.15) is 6.61 Å².